The van der Waals surface area contributed by atoms with Gasteiger partial charge in [-0.2, -0.15) is 0 Å². The molecule has 1 aliphatic heterocycles. The second-order valence-electron chi connectivity index (χ2n) is 5.57. The van der Waals surface area contributed by atoms with Crippen molar-refractivity contribution in [2.75, 3.05) is 6.54 Å². The minimum absolute atomic E-state index is 0.175. The molecule has 7 heteroatoms. The molecule has 1 saturated carbocycles. The highest BCUT2D eigenvalue weighted by molar-refractivity contribution is 9.13. The largest absolute Gasteiger partial charge is 0.449 e. The zero-order valence-corrected chi connectivity index (χ0v) is 15.8. The van der Waals surface area contributed by atoms with Crippen molar-refractivity contribution in [2.24, 2.45) is 5.92 Å². The quantitative estimate of drug-likeness (QED) is 0.579. The Kier molecular flexibility index (Phi) is 5.14. The molecule has 2 amide bonds. The maximum absolute atomic E-state index is 12.4. The first-order chi connectivity index (χ1) is 10.5. The number of hydrogen-bond acceptors (Lipinski definition) is 4. The number of rotatable bonds is 3. The summed E-state index contributed by atoms with van der Waals surface area (Å²) in [6.45, 7) is 0.549. The summed E-state index contributed by atoms with van der Waals surface area (Å²) >= 11 is 7.58. The third-order valence-electron chi connectivity index (χ3n) is 3.98. The lowest BCUT2D eigenvalue weighted by atomic mass is 9.89. The lowest BCUT2D eigenvalue weighted by molar-refractivity contribution is -0.123. The highest BCUT2D eigenvalue weighted by atomic mass is 79.9. The fourth-order valence-electron chi connectivity index (χ4n) is 2.85. The summed E-state index contributed by atoms with van der Waals surface area (Å²) in [6, 6.07) is 1.76. The second-order valence-corrected chi connectivity index (χ2v) is 8.13. The zero-order chi connectivity index (χ0) is 15.7. The molecule has 0 aromatic carbocycles. The Morgan fingerprint density at radius 1 is 1.27 bits per heavy atom. The van der Waals surface area contributed by atoms with Crippen molar-refractivity contribution in [1.29, 1.82) is 0 Å². The molecule has 0 atom stereocenters. The van der Waals surface area contributed by atoms with Gasteiger partial charge in [-0.3, -0.25) is 14.5 Å². The van der Waals surface area contributed by atoms with Crippen LogP contribution in [0.4, 0.5) is 4.79 Å². The summed E-state index contributed by atoms with van der Waals surface area (Å²) in [5, 5.41) is -0.175. The van der Waals surface area contributed by atoms with Crippen LogP contribution in [0.3, 0.4) is 0 Å². The molecule has 0 radical (unpaired) electrons. The van der Waals surface area contributed by atoms with E-state index >= 15 is 0 Å². The number of imide groups is 1. The monoisotopic (exact) mass is 447 g/mol. The number of furan rings is 1. The number of halogens is 2. The van der Waals surface area contributed by atoms with Crippen LogP contribution in [0.25, 0.3) is 6.08 Å². The van der Waals surface area contributed by atoms with Crippen LogP contribution in [0, 0.1) is 5.92 Å². The van der Waals surface area contributed by atoms with E-state index < -0.39 is 0 Å². The smallest absolute Gasteiger partial charge is 0.293 e. The molecule has 0 bridgehead atoms. The summed E-state index contributed by atoms with van der Waals surface area (Å²) in [6.07, 6.45) is 7.51. The fraction of sp³-hybridized carbons (Fsp3) is 0.467. The highest BCUT2D eigenvalue weighted by Crippen LogP contribution is 2.36. The first-order valence-electron chi connectivity index (χ1n) is 7.25. The maximum Gasteiger partial charge on any atom is 0.293 e. The Balaban J connectivity index is 1.73. The van der Waals surface area contributed by atoms with Crippen LogP contribution in [0.15, 0.2) is 24.5 Å². The van der Waals surface area contributed by atoms with Crippen LogP contribution >= 0.6 is 43.6 Å². The second kappa shape index (κ2) is 6.93. The van der Waals surface area contributed by atoms with E-state index in [1.807, 2.05) is 0 Å². The van der Waals surface area contributed by atoms with E-state index in [1.165, 1.54) is 24.2 Å². The number of carbonyl (C=O) groups excluding carboxylic acids is 2. The average Bonchev–Trinajstić information content (AvgIpc) is 2.94. The van der Waals surface area contributed by atoms with E-state index in [4.69, 9.17) is 4.42 Å². The predicted molar refractivity (Wildman–Crippen MR) is 93.4 cm³/mol. The molecule has 118 valence electrons. The Morgan fingerprint density at radius 2 is 2.00 bits per heavy atom. The van der Waals surface area contributed by atoms with Gasteiger partial charge in [-0.05, 0) is 68.4 Å². The summed E-state index contributed by atoms with van der Waals surface area (Å²) in [5.74, 6) is 0.791. The Bertz CT molecular complexity index is 615. The summed E-state index contributed by atoms with van der Waals surface area (Å²) in [7, 11) is 0. The molecule has 2 fully saturated rings. The van der Waals surface area contributed by atoms with Crippen LogP contribution in [-0.2, 0) is 4.79 Å². The van der Waals surface area contributed by atoms with Crippen LogP contribution in [0.1, 0.15) is 37.9 Å². The third kappa shape index (κ3) is 3.51. The van der Waals surface area contributed by atoms with Gasteiger partial charge >= 0.3 is 0 Å². The van der Waals surface area contributed by atoms with Crippen LogP contribution in [0.2, 0.25) is 0 Å². The highest BCUT2D eigenvalue weighted by Gasteiger charge is 2.36. The van der Waals surface area contributed by atoms with Crippen molar-refractivity contribution in [3.63, 3.8) is 0 Å². The van der Waals surface area contributed by atoms with Gasteiger partial charge < -0.3 is 4.42 Å². The molecule has 1 aliphatic carbocycles. The van der Waals surface area contributed by atoms with Crippen LogP contribution in [0.5, 0.6) is 0 Å². The van der Waals surface area contributed by atoms with Crippen molar-refractivity contribution in [1.82, 2.24) is 4.90 Å². The van der Waals surface area contributed by atoms with E-state index in [9.17, 15) is 9.59 Å². The molecule has 2 aliphatic rings. The van der Waals surface area contributed by atoms with Crippen molar-refractivity contribution in [3.8, 4) is 0 Å². The Morgan fingerprint density at radius 3 is 2.64 bits per heavy atom. The van der Waals surface area contributed by atoms with Gasteiger partial charge in [0.15, 0.2) is 4.67 Å². The standard InChI is InChI=1S/C15H15Br2NO3S/c16-11-6-10(21-13(11)17)7-12-14(19)18(15(20)22-12)8-9-4-2-1-3-5-9/h6-7,9H,1-5,8H2/b12-7+. The van der Waals surface area contributed by atoms with E-state index in [1.54, 1.807) is 12.1 Å². The van der Waals surface area contributed by atoms with E-state index in [2.05, 4.69) is 31.9 Å². The molecule has 0 spiro atoms. The number of nitrogens with zero attached hydrogens (tertiary/aromatic N) is 1. The lowest BCUT2D eigenvalue weighted by Crippen LogP contribution is -2.34. The number of thioether (sulfide) groups is 1. The third-order valence-corrected chi connectivity index (χ3v) is 6.59. The van der Waals surface area contributed by atoms with Gasteiger partial charge in [0.1, 0.15) is 5.76 Å². The molecule has 1 aromatic rings. The minimum atomic E-state index is -0.204. The number of carbonyl (C=O) groups is 2. The van der Waals surface area contributed by atoms with Gasteiger partial charge in [-0.1, -0.05) is 19.3 Å². The topological polar surface area (TPSA) is 50.5 Å². The van der Waals surface area contributed by atoms with Gasteiger partial charge in [0.25, 0.3) is 11.1 Å². The van der Waals surface area contributed by atoms with Gasteiger partial charge in [0.2, 0.25) is 0 Å². The summed E-state index contributed by atoms with van der Waals surface area (Å²) in [4.78, 5) is 26.4. The first kappa shape index (κ1) is 16.3. The summed E-state index contributed by atoms with van der Waals surface area (Å²) < 4.78 is 6.79. The van der Waals surface area contributed by atoms with E-state index in [0.29, 0.717) is 27.8 Å². The molecule has 3 rings (SSSR count). The molecule has 1 aromatic heterocycles. The fourth-order valence-corrected chi connectivity index (χ4v) is 4.29. The average molecular weight is 449 g/mol. The van der Waals surface area contributed by atoms with Gasteiger partial charge in [0.05, 0.1) is 9.38 Å². The first-order valence-corrected chi connectivity index (χ1v) is 9.65. The maximum atomic E-state index is 12.4. The van der Waals surface area contributed by atoms with Gasteiger partial charge in [-0.25, -0.2) is 0 Å². The molecule has 22 heavy (non-hydrogen) atoms. The predicted octanol–water partition coefficient (Wildman–Crippen LogP) is 5.42. The van der Waals surface area contributed by atoms with E-state index in [-0.39, 0.29) is 11.1 Å². The van der Waals surface area contributed by atoms with Crippen LogP contribution < -0.4 is 0 Å². The molecule has 0 unspecified atom stereocenters. The molecule has 4 nitrogen and oxygen atoms in total. The molecule has 0 N–H and O–H groups in total. The summed E-state index contributed by atoms with van der Waals surface area (Å²) in [5.41, 5.74) is 0. The van der Waals surface area contributed by atoms with Gasteiger partial charge in [0, 0.05) is 12.6 Å². The minimum Gasteiger partial charge on any atom is -0.449 e. The SMILES string of the molecule is O=C1S/C(=C/c2cc(Br)c(Br)o2)C(=O)N1CC1CCCCC1. The number of amides is 2. The van der Waals surface area contributed by atoms with Crippen molar-refractivity contribution in [2.45, 2.75) is 32.1 Å². The zero-order valence-electron chi connectivity index (χ0n) is 11.8. The normalized spacial score (nSPS) is 22.1. The number of hydrogen-bond donors (Lipinski definition) is 0. The molecular weight excluding hydrogens is 434 g/mol. The Labute approximate surface area is 149 Å². The lowest BCUT2D eigenvalue weighted by Gasteiger charge is -2.25. The molecule has 2 heterocycles. The molecule has 1 saturated heterocycles. The van der Waals surface area contributed by atoms with Crippen molar-refractivity contribution < 1.29 is 14.0 Å². The van der Waals surface area contributed by atoms with Crippen LogP contribution in [-0.4, -0.2) is 22.6 Å². The van der Waals surface area contributed by atoms with Crippen molar-refractivity contribution in [3.05, 3.63) is 25.9 Å². The van der Waals surface area contributed by atoms with Crippen molar-refractivity contribution >= 4 is 60.8 Å². The molecular formula is C15H15Br2NO3S. The Hall–Kier alpha value is -0.530. The van der Waals surface area contributed by atoms with Gasteiger partial charge in [-0.15, -0.1) is 0 Å². The van der Waals surface area contributed by atoms with E-state index in [0.717, 1.165) is 29.1 Å².